The van der Waals surface area contributed by atoms with E-state index in [1.54, 1.807) is 13.3 Å². The van der Waals surface area contributed by atoms with Crippen LogP contribution in [0, 0.1) is 0 Å². The molecular formula is C16H17N5O2. The molecule has 23 heavy (non-hydrogen) atoms. The number of nitrogens with two attached hydrogens (primary N) is 1. The Balaban J connectivity index is 1.86. The monoisotopic (exact) mass is 311 g/mol. The molecule has 0 aliphatic heterocycles. The summed E-state index contributed by atoms with van der Waals surface area (Å²) in [6.45, 7) is 0.267. The fourth-order valence-electron chi connectivity index (χ4n) is 2.40. The van der Waals surface area contributed by atoms with Crippen LogP contribution in [-0.4, -0.2) is 34.5 Å². The molecule has 118 valence electrons. The molecule has 1 unspecified atom stereocenters. The van der Waals surface area contributed by atoms with Crippen molar-refractivity contribution < 1.29 is 9.53 Å². The molecule has 2 heterocycles. The number of fused-ring (bicyclic) bond motifs is 1. The molecule has 3 aromatic rings. The zero-order valence-corrected chi connectivity index (χ0v) is 12.6. The third kappa shape index (κ3) is 3.00. The first-order valence-electron chi connectivity index (χ1n) is 7.15. The molecule has 1 amide bonds. The lowest BCUT2D eigenvalue weighted by Crippen LogP contribution is -2.33. The maximum absolute atomic E-state index is 12.6. The number of nitrogens with zero attached hydrogens (tertiary/aromatic N) is 2. The minimum Gasteiger partial charge on any atom is -0.497 e. The van der Waals surface area contributed by atoms with Gasteiger partial charge in [-0.25, -0.2) is 4.98 Å². The Hall–Kier alpha value is -2.93. The molecule has 0 aliphatic rings. The van der Waals surface area contributed by atoms with E-state index in [2.05, 4.69) is 20.3 Å². The van der Waals surface area contributed by atoms with Crippen molar-refractivity contribution in [1.29, 1.82) is 0 Å². The lowest BCUT2D eigenvalue weighted by atomic mass is 10.1. The van der Waals surface area contributed by atoms with Crippen LogP contribution in [0.25, 0.3) is 11.0 Å². The van der Waals surface area contributed by atoms with Crippen molar-refractivity contribution in [2.45, 2.75) is 6.04 Å². The van der Waals surface area contributed by atoms with E-state index >= 15 is 0 Å². The van der Waals surface area contributed by atoms with Gasteiger partial charge in [-0.15, -0.1) is 0 Å². The highest BCUT2D eigenvalue weighted by Gasteiger charge is 2.18. The van der Waals surface area contributed by atoms with Gasteiger partial charge in [-0.1, -0.05) is 12.1 Å². The van der Waals surface area contributed by atoms with E-state index in [0.717, 1.165) is 5.56 Å². The summed E-state index contributed by atoms with van der Waals surface area (Å²) in [6, 6.07) is 7.12. The van der Waals surface area contributed by atoms with Crippen LogP contribution < -0.4 is 15.8 Å². The average molecular weight is 311 g/mol. The summed E-state index contributed by atoms with van der Waals surface area (Å²) < 4.78 is 5.21. The van der Waals surface area contributed by atoms with Crippen molar-refractivity contribution in [3.63, 3.8) is 0 Å². The van der Waals surface area contributed by atoms with E-state index in [1.807, 2.05) is 24.3 Å². The second kappa shape index (κ2) is 6.45. The van der Waals surface area contributed by atoms with Gasteiger partial charge in [0.05, 0.1) is 36.8 Å². The number of benzene rings is 1. The highest BCUT2D eigenvalue weighted by Crippen LogP contribution is 2.20. The number of H-pyrrole nitrogens is 1. The van der Waals surface area contributed by atoms with Crippen LogP contribution in [0.1, 0.15) is 22.0 Å². The summed E-state index contributed by atoms with van der Waals surface area (Å²) in [4.78, 5) is 23.7. The predicted octanol–water partition coefficient (Wildman–Crippen LogP) is 1.40. The molecule has 1 aromatic carbocycles. The Morgan fingerprint density at radius 2 is 2.30 bits per heavy atom. The number of hydrogen-bond acceptors (Lipinski definition) is 5. The highest BCUT2D eigenvalue weighted by molar-refractivity contribution is 6.04. The topological polar surface area (TPSA) is 106 Å². The first kappa shape index (κ1) is 15.0. The molecule has 0 saturated carbocycles. The molecule has 7 nitrogen and oxygen atoms in total. The Morgan fingerprint density at radius 1 is 1.43 bits per heavy atom. The lowest BCUT2D eigenvalue weighted by Gasteiger charge is -2.18. The van der Waals surface area contributed by atoms with Gasteiger partial charge in [-0.3, -0.25) is 9.78 Å². The van der Waals surface area contributed by atoms with Crippen molar-refractivity contribution in [1.82, 2.24) is 20.3 Å². The van der Waals surface area contributed by atoms with Crippen LogP contribution in [0.5, 0.6) is 5.75 Å². The number of carbonyl (C=O) groups excluding carboxylic acids is 1. The number of pyridine rings is 1. The van der Waals surface area contributed by atoms with Crippen molar-refractivity contribution in [3.8, 4) is 5.75 Å². The van der Waals surface area contributed by atoms with Gasteiger partial charge in [0.15, 0.2) is 0 Å². The SMILES string of the molecule is COc1cccc(C(CN)NC(=O)c2cncc3[nH]cnc23)c1. The number of carbonyl (C=O) groups is 1. The zero-order chi connectivity index (χ0) is 16.2. The van der Waals surface area contributed by atoms with E-state index in [4.69, 9.17) is 10.5 Å². The normalized spacial score (nSPS) is 12.1. The van der Waals surface area contributed by atoms with Crippen LogP contribution in [0.15, 0.2) is 43.0 Å². The third-order valence-corrected chi connectivity index (χ3v) is 3.61. The second-order valence-electron chi connectivity index (χ2n) is 5.02. The van der Waals surface area contributed by atoms with E-state index in [9.17, 15) is 4.79 Å². The van der Waals surface area contributed by atoms with E-state index in [1.165, 1.54) is 12.5 Å². The van der Waals surface area contributed by atoms with Crippen LogP contribution in [0.4, 0.5) is 0 Å². The van der Waals surface area contributed by atoms with Gasteiger partial charge in [0, 0.05) is 12.7 Å². The fraction of sp³-hybridized carbons (Fsp3) is 0.188. The van der Waals surface area contributed by atoms with Crippen molar-refractivity contribution >= 4 is 16.9 Å². The zero-order valence-electron chi connectivity index (χ0n) is 12.6. The van der Waals surface area contributed by atoms with Crippen LogP contribution in [0.2, 0.25) is 0 Å². The number of nitrogens with one attached hydrogen (secondary N) is 2. The van der Waals surface area contributed by atoms with Gasteiger partial charge < -0.3 is 20.8 Å². The molecule has 0 aliphatic carbocycles. The van der Waals surface area contributed by atoms with Crippen LogP contribution >= 0.6 is 0 Å². The largest absolute Gasteiger partial charge is 0.497 e. The molecule has 0 bridgehead atoms. The Bertz CT molecular complexity index is 830. The maximum Gasteiger partial charge on any atom is 0.255 e. The Morgan fingerprint density at radius 3 is 3.09 bits per heavy atom. The van der Waals surface area contributed by atoms with Crippen molar-refractivity contribution in [3.05, 3.63) is 54.1 Å². The van der Waals surface area contributed by atoms with Gasteiger partial charge in [0.1, 0.15) is 11.3 Å². The number of rotatable bonds is 5. The molecule has 1 atom stereocenters. The third-order valence-electron chi connectivity index (χ3n) is 3.61. The molecule has 0 saturated heterocycles. The molecule has 0 radical (unpaired) electrons. The maximum atomic E-state index is 12.6. The number of aromatic nitrogens is 3. The Labute approximate surface area is 132 Å². The highest BCUT2D eigenvalue weighted by atomic mass is 16.5. The first-order chi connectivity index (χ1) is 11.2. The van der Waals surface area contributed by atoms with Crippen molar-refractivity contribution in [2.24, 2.45) is 5.73 Å². The number of imidazole rings is 1. The summed E-state index contributed by atoms with van der Waals surface area (Å²) in [5, 5.41) is 2.92. The number of hydrogen-bond donors (Lipinski definition) is 3. The molecule has 2 aromatic heterocycles. The standard InChI is InChI=1S/C16H17N5O2/c1-23-11-4-2-3-10(5-11)13(6-17)21-16(22)12-7-18-8-14-15(12)20-9-19-14/h2-5,7-9,13H,6,17H2,1H3,(H,19,20)(H,21,22). The molecule has 3 rings (SSSR count). The minimum atomic E-state index is -0.327. The summed E-state index contributed by atoms with van der Waals surface area (Å²) in [5.74, 6) is 0.444. The fourth-order valence-corrected chi connectivity index (χ4v) is 2.40. The minimum absolute atomic E-state index is 0.267. The second-order valence-corrected chi connectivity index (χ2v) is 5.02. The molecule has 7 heteroatoms. The summed E-state index contributed by atoms with van der Waals surface area (Å²) in [5.41, 5.74) is 8.40. The van der Waals surface area contributed by atoms with Gasteiger partial charge in [-0.05, 0) is 17.7 Å². The lowest BCUT2D eigenvalue weighted by molar-refractivity contribution is 0.0939. The molecular weight excluding hydrogens is 294 g/mol. The number of ether oxygens (including phenoxy) is 1. The number of methoxy groups -OCH3 is 1. The first-order valence-corrected chi connectivity index (χ1v) is 7.15. The van der Waals surface area contributed by atoms with Crippen molar-refractivity contribution in [2.75, 3.05) is 13.7 Å². The number of amides is 1. The van der Waals surface area contributed by atoms with Crippen LogP contribution in [0.3, 0.4) is 0 Å². The van der Waals surface area contributed by atoms with E-state index in [-0.39, 0.29) is 18.5 Å². The molecule has 4 N–H and O–H groups in total. The number of aromatic amines is 1. The molecule has 0 fully saturated rings. The predicted molar refractivity (Wildman–Crippen MR) is 86.1 cm³/mol. The van der Waals surface area contributed by atoms with E-state index < -0.39 is 0 Å². The summed E-state index contributed by atoms with van der Waals surface area (Å²) in [7, 11) is 1.60. The Kier molecular flexibility index (Phi) is 4.20. The smallest absolute Gasteiger partial charge is 0.255 e. The molecule has 0 spiro atoms. The summed E-state index contributed by atoms with van der Waals surface area (Å²) >= 11 is 0. The van der Waals surface area contributed by atoms with Crippen LogP contribution in [-0.2, 0) is 0 Å². The van der Waals surface area contributed by atoms with Gasteiger partial charge in [0.25, 0.3) is 5.91 Å². The quantitative estimate of drug-likeness (QED) is 0.660. The summed E-state index contributed by atoms with van der Waals surface area (Å²) in [6.07, 6.45) is 4.66. The van der Waals surface area contributed by atoms with Gasteiger partial charge >= 0.3 is 0 Å². The van der Waals surface area contributed by atoms with Gasteiger partial charge in [-0.2, -0.15) is 0 Å². The van der Waals surface area contributed by atoms with E-state index in [0.29, 0.717) is 22.3 Å². The van der Waals surface area contributed by atoms with Gasteiger partial charge in [0.2, 0.25) is 0 Å². The average Bonchev–Trinajstić information content (AvgIpc) is 3.08.